The van der Waals surface area contributed by atoms with Gasteiger partial charge in [-0.15, -0.1) is 0 Å². The molecule has 1 aliphatic carbocycles. The Bertz CT molecular complexity index is 603. The van der Waals surface area contributed by atoms with Crippen LogP contribution in [0.4, 0.5) is 0 Å². The molecule has 1 aromatic heterocycles. The second kappa shape index (κ2) is 5.36. The molecule has 0 unspecified atom stereocenters. The summed E-state index contributed by atoms with van der Waals surface area (Å²) in [5.41, 5.74) is 1.27. The molecule has 1 heterocycles. The van der Waals surface area contributed by atoms with E-state index >= 15 is 0 Å². The van der Waals surface area contributed by atoms with E-state index in [4.69, 9.17) is 4.74 Å². The van der Waals surface area contributed by atoms with Crippen LogP contribution in [-0.2, 0) is 0 Å². The number of carbonyl (C=O) groups excluding carboxylic acids is 1. The van der Waals surface area contributed by atoms with E-state index in [1.807, 2.05) is 37.3 Å². The lowest BCUT2D eigenvalue weighted by Crippen LogP contribution is -2.25. The topological polar surface area (TPSA) is 56.1 Å². The van der Waals surface area contributed by atoms with Gasteiger partial charge in [0.2, 0.25) is 5.88 Å². The molecule has 1 N–H and O–H groups in total. The Labute approximate surface area is 117 Å². The van der Waals surface area contributed by atoms with Crippen molar-refractivity contribution in [1.29, 1.82) is 0 Å². The van der Waals surface area contributed by atoms with E-state index in [9.17, 15) is 4.79 Å². The van der Waals surface area contributed by atoms with Crippen molar-refractivity contribution in [3.63, 3.8) is 0 Å². The monoisotopic (exact) mass is 271 g/mol. The first-order chi connectivity index (χ1) is 9.78. The van der Waals surface area contributed by atoms with E-state index in [-0.39, 0.29) is 5.91 Å². The molecule has 1 saturated carbocycles. The Balaban J connectivity index is 1.91. The van der Waals surface area contributed by atoms with Gasteiger partial charge in [0.15, 0.2) is 5.69 Å². The Hall–Kier alpha value is -2.30. The van der Waals surface area contributed by atoms with Gasteiger partial charge in [-0.3, -0.25) is 4.79 Å². The van der Waals surface area contributed by atoms with Crippen molar-refractivity contribution in [2.24, 2.45) is 0 Å². The smallest absolute Gasteiger partial charge is 0.272 e. The predicted octanol–water partition coefficient (Wildman–Crippen LogP) is 2.16. The van der Waals surface area contributed by atoms with Crippen LogP contribution in [0.2, 0.25) is 0 Å². The molecule has 0 bridgehead atoms. The highest BCUT2D eigenvalue weighted by Crippen LogP contribution is 2.22. The number of para-hydroxylation sites is 1. The molecule has 20 heavy (non-hydrogen) atoms. The maximum Gasteiger partial charge on any atom is 0.272 e. The number of hydrogen-bond acceptors (Lipinski definition) is 3. The largest absolute Gasteiger partial charge is 0.478 e. The Morgan fingerprint density at radius 1 is 1.40 bits per heavy atom. The van der Waals surface area contributed by atoms with Crippen LogP contribution in [0.5, 0.6) is 5.88 Å². The Morgan fingerprint density at radius 3 is 2.80 bits per heavy atom. The summed E-state index contributed by atoms with van der Waals surface area (Å²) >= 11 is 0. The van der Waals surface area contributed by atoms with Gasteiger partial charge in [0.05, 0.1) is 12.3 Å². The summed E-state index contributed by atoms with van der Waals surface area (Å²) in [6.07, 6.45) is 2.12. The van der Waals surface area contributed by atoms with Gasteiger partial charge in [-0.05, 0) is 31.9 Å². The molecule has 2 aromatic rings. The molecule has 104 valence electrons. The van der Waals surface area contributed by atoms with Crippen molar-refractivity contribution in [1.82, 2.24) is 15.1 Å². The lowest BCUT2D eigenvalue weighted by atomic mass is 10.3. The molecular formula is C15H17N3O2. The van der Waals surface area contributed by atoms with Crippen LogP contribution in [-0.4, -0.2) is 28.3 Å². The van der Waals surface area contributed by atoms with E-state index in [0.29, 0.717) is 24.2 Å². The highest BCUT2D eigenvalue weighted by molar-refractivity contribution is 5.93. The van der Waals surface area contributed by atoms with Gasteiger partial charge in [-0.25, -0.2) is 4.68 Å². The maximum atomic E-state index is 12.1. The number of carbonyl (C=O) groups is 1. The number of benzene rings is 1. The molecule has 0 aliphatic heterocycles. The molecule has 5 heteroatoms. The number of rotatable bonds is 5. The molecular weight excluding hydrogens is 254 g/mol. The first kappa shape index (κ1) is 12.7. The van der Waals surface area contributed by atoms with Crippen molar-refractivity contribution < 1.29 is 9.53 Å². The highest BCUT2D eigenvalue weighted by atomic mass is 16.5. The summed E-state index contributed by atoms with van der Waals surface area (Å²) in [4.78, 5) is 12.1. The third kappa shape index (κ3) is 2.66. The standard InChI is InChI=1S/C15H17N3O2/c1-2-20-14-10-13(15(19)16-11-8-9-11)17-18(14)12-6-4-3-5-7-12/h3-7,10-11H,2,8-9H2,1H3,(H,16,19). The van der Waals surface area contributed by atoms with Crippen LogP contribution in [0.25, 0.3) is 5.69 Å². The fourth-order valence-electron chi connectivity index (χ4n) is 1.97. The van der Waals surface area contributed by atoms with Crippen molar-refractivity contribution >= 4 is 5.91 Å². The van der Waals surface area contributed by atoms with Crippen LogP contribution >= 0.6 is 0 Å². The van der Waals surface area contributed by atoms with Gasteiger partial charge < -0.3 is 10.1 Å². The fraction of sp³-hybridized carbons (Fsp3) is 0.333. The lowest BCUT2D eigenvalue weighted by Gasteiger charge is -2.06. The van der Waals surface area contributed by atoms with Gasteiger partial charge in [0.25, 0.3) is 5.91 Å². The Kier molecular flexibility index (Phi) is 3.41. The zero-order chi connectivity index (χ0) is 13.9. The second-order valence-corrected chi connectivity index (χ2v) is 4.80. The average Bonchev–Trinajstić information content (AvgIpc) is 3.17. The van der Waals surface area contributed by atoms with Crippen molar-refractivity contribution in [2.75, 3.05) is 6.61 Å². The lowest BCUT2D eigenvalue weighted by molar-refractivity contribution is 0.0945. The molecule has 0 spiro atoms. The molecule has 3 rings (SSSR count). The minimum Gasteiger partial charge on any atom is -0.478 e. The molecule has 1 aliphatic rings. The first-order valence-electron chi connectivity index (χ1n) is 6.87. The van der Waals surface area contributed by atoms with E-state index in [1.165, 1.54) is 0 Å². The van der Waals surface area contributed by atoms with Crippen molar-refractivity contribution in [2.45, 2.75) is 25.8 Å². The van der Waals surface area contributed by atoms with E-state index in [0.717, 1.165) is 18.5 Å². The normalized spacial score (nSPS) is 14.1. The summed E-state index contributed by atoms with van der Waals surface area (Å²) in [6.45, 7) is 2.44. The van der Waals surface area contributed by atoms with Gasteiger partial charge in [-0.2, -0.15) is 5.10 Å². The van der Waals surface area contributed by atoms with Crippen LogP contribution < -0.4 is 10.1 Å². The molecule has 0 radical (unpaired) electrons. The van der Waals surface area contributed by atoms with Crippen molar-refractivity contribution in [3.05, 3.63) is 42.1 Å². The minimum atomic E-state index is -0.136. The predicted molar refractivity (Wildman–Crippen MR) is 75.2 cm³/mol. The minimum absolute atomic E-state index is 0.136. The van der Waals surface area contributed by atoms with Crippen LogP contribution in [0.1, 0.15) is 30.3 Å². The number of hydrogen-bond donors (Lipinski definition) is 1. The number of nitrogens with one attached hydrogen (secondary N) is 1. The number of nitrogens with zero attached hydrogens (tertiary/aromatic N) is 2. The molecule has 0 saturated heterocycles. The van der Waals surface area contributed by atoms with E-state index in [2.05, 4.69) is 10.4 Å². The first-order valence-corrected chi connectivity index (χ1v) is 6.87. The van der Waals surface area contributed by atoms with Crippen LogP contribution in [0, 0.1) is 0 Å². The SMILES string of the molecule is CCOc1cc(C(=O)NC2CC2)nn1-c1ccccc1. The Morgan fingerprint density at radius 2 is 2.15 bits per heavy atom. The van der Waals surface area contributed by atoms with Crippen molar-refractivity contribution in [3.8, 4) is 11.6 Å². The van der Waals surface area contributed by atoms with Gasteiger partial charge in [0.1, 0.15) is 0 Å². The third-order valence-electron chi connectivity index (χ3n) is 3.11. The van der Waals surface area contributed by atoms with E-state index < -0.39 is 0 Å². The summed E-state index contributed by atoms with van der Waals surface area (Å²) in [7, 11) is 0. The molecule has 5 nitrogen and oxygen atoms in total. The van der Waals surface area contributed by atoms with Crippen LogP contribution in [0.15, 0.2) is 36.4 Å². The maximum absolute atomic E-state index is 12.1. The van der Waals surface area contributed by atoms with E-state index in [1.54, 1.807) is 10.7 Å². The average molecular weight is 271 g/mol. The fourth-order valence-corrected chi connectivity index (χ4v) is 1.97. The van der Waals surface area contributed by atoms with Crippen LogP contribution in [0.3, 0.4) is 0 Å². The summed E-state index contributed by atoms with van der Waals surface area (Å²) in [6, 6.07) is 11.7. The molecule has 1 aromatic carbocycles. The zero-order valence-corrected chi connectivity index (χ0v) is 11.4. The summed E-state index contributed by atoms with van der Waals surface area (Å²) < 4.78 is 7.22. The third-order valence-corrected chi connectivity index (χ3v) is 3.11. The zero-order valence-electron chi connectivity index (χ0n) is 11.4. The van der Waals surface area contributed by atoms with Gasteiger partial charge >= 0.3 is 0 Å². The quantitative estimate of drug-likeness (QED) is 0.906. The highest BCUT2D eigenvalue weighted by Gasteiger charge is 2.25. The molecule has 1 amide bonds. The van der Waals surface area contributed by atoms with Gasteiger partial charge in [0, 0.05) is 12.1 Å². The summed E-state index contributed by atoms with van der Waals surface area (Å²) in [5, 5.41) is 7.29. The second-order valence-electron chi connectivity index (χ2n) is 4.80. The molecule has 1 fully saturated rings. The number of amides is 1. The van der Waals surface area contributed by atoms with Gasteiger partial charge in [-0.1, -0.05) is 18.2 Å². The number of aromatic nitrogens is 2. The molecule has 0 atom stereocenters. The summed E-state index contributed by atoms with van der Waals surface area (Å²) in [5.74, 6) is 0.447. The number of ether oxygens (including phenoxy) is 1.